The Bertz CT molecular complexity index is 756. The Morgan fingerprint density at radius 2 is 1.38 bits per heavy atom. The van der Waals surface area contributed by atoms with E-state index in [1.54, 1.807) is 24.3 Å². The van der Waals surface area contributed by atoms with E-state index in [4.69, 9.17) is 23.2 Å². The van der Waals surface area contributed by atoms with E-state index >= 15 is 0 Å². The molecule has 0 aromatic heterocycles. The molecule has 0 unspecified atom stereocenters. The largest absolute Gasteiger partial charge is 0.350 e. The smallest absolute Gasteiger partial charge is 0.239 e. The molecule has 2 aromatic carbocycles. The molecule has 6 heteroatoms. The van der Waals surface area contributed by atoms with E-state index in [-0.39, 0.29) is 30.2 Å². The summed E-state index contributed by atoms with van der Waals surface area (Å²) in [6.07, 6.45) is 0.277. The van der Waals surface area contributed by atoms with Crippen molar-refractivity contribution in [1.82, 2.24) is 10.6 Å². The zero-order valence-electron chi connectivity index (χ0n) is 14.8. The van der Waals surface area contributed by atoms with Crippen LogP contribution in [0.3, 0.4) is 0 Å². The Hall–Kier alpha value is -2.04. The van der Waals surface area contributed by atoms with Crippen LogP contribution < -0.4 is 10.6 Å². The van der Waals surface area contributed by atoms with E-state index in [0.29, 0.717) is 16.6 Å². The SMILES string of the molecule is CC(C)(CC(=O)NCC(=O)NCc1ccc(Cl)cc1)c1ccc(Cl)cc1. The van der Waals surface area contributed by atoms with Crippen LogP contribution >= 0.6 is 23.2 Å². The Morgan fingerprint density at radius 3 is 1.96 bits per heavy atom. The predicted octanol–water partition coefficient (Wildman–Crippen LogP) is 4.09. The molecule has 26 heavy (non-hydrogen) atoms. The second-order valence-corrected chi connectivity index (χ2v) is 7.62. The van der Waals surface area contributed by atoms with Crippen molar-refractivity contribution in [3.05, 3.63) is 69.7 Å². The predicted molar refractivity (Wildman–Crippen MR) is 105 cm³/mol. The molecule has 0 fully saturated rings. The van der Waals surface area contributed by atoms with E-state index in [1.807, 2.05) is 38.1 Å². The van der Waals surface area contributed by atoms with Crippen LogP contribution in [0.1, 0.15) is 31.4 Å². The summed E-state index contributed by atoms with van der Waals surface area (Å²) >= 11 is 11.7. The first kappa shape index (κ1) is 20.3. The van der Waals surface area contributed by atoms with Gasteiger partial charge < -0.3 is 10.6 Å². The van der Waals surface area contributed by atoms with Crippen molar-refractivity contribution in [3.63, 3.8) is 0 Å². The van der Waals surface area contributed by atoms with Gasteiger partial charge in [0, 0.05) is 23.0 Å². The van der Waals surface area contributed by atoms with Gasteiger partial charge in [0.25, 0.3) is 0 Å². The summed E-state index contributed by atoms with van der Waals surface area (Å²) in [5.41, 5.74) is 1.61. The van der Waals surface area contributed by atoms with Gasteiger partial charge >= 0.3 is 0 Å². The lowest BCUT2D eigenvalue weighted by atomic mass is 9.81. The van der Waals surface area contributed by atoms with Crippen LogP contribution in [0.4, 0.5) is 0 Å². The van der Waals surface area contributed by atoms with Crippen molar-refractivity contribution >= 4 is 35.0 Å². The Kier molecular flexibility index (Phi) is 7.06. The highest BCUT2D eigenvalue weighted by molar-refractivity contribution is 6.30. The molecule has 0 atom stereocenters. The average molecular weight is 393 g/mol. The molecular formula is C20H22Cl2N2O2. The maximum Gasteiger partial charge on any atom is 0.239 e. The van der Waals surface area contributed by atoms with Crippen molar-refractivity contribution in [2.45, 2.75) is 32.2 Å². The van der Waals surface area contributed by atoms with E-state index in [9.17, 15) is 9.59 Å². The van der Waals surface area contributed by atoms with Crippen molar-refractivity contribution in [1.29, 1.82) is 0 Å². The van der Waals surface area contributed by atoms with Gasteiger partial charge in [-0.1, -0.05) is 61.3 Å². The normalized spacial score (nSPS) is 11.1. The minimum atomic E-state index is -0.353. The van der Waals surface area contributed by atoms with Crippen LogP contribution in [-0.2, 0) is 21.5 Å². The van der Waals surface area contributed by atoms with Crippen LogP contribution in [0.5, 0.6) is 0 Å². The molecular weight excluding hydrogens is 371 g/mol. The minimum Gasteiger partial charge on any atom is -0.350 e. The number of halogens is 2. The summed E-state index contributed by atoms with van der Waals surface area (Å²) in [5, 5.41) is 6.74. The van der Waals surface area contributed by atoms with Crippen LogP contribution in [0.25, 0.3) is 0 Å². The first-order valence-electron chi connectivity index (χ1n) is 8.30. The maximum absolute atomic E-state index is 12.2. The van der Waals surface area contributed by atoms with Crippen molar-refractivity contribution in [2.24, 2.45) is 0 Å². The lowest BCUT2D eigenvalue weighted by Crippen LogP contribution is -2.38. The fourth-order valence-corrected chi connectivity index (χ4v) is 2.76. The molecule has 0 aliphatic rings. The van der Waals surface area contributed by atoms with Gasteiger partial charge in [0.05, 0.1) is 6.54 Å². The standard InChI is InChI=1S/C20H22Cl2N2O2/c1-20(2,15-5-9-17(22)10-6-15)11-18(25)24-13-19(26)23-12-14-3-7-16(21)8-4-14/h3-10H,11-13H2,1-2H3,(H,23,26)(H,24,25). The molecule has 0 spiro atoms. The molecule has 4 nitrogen and oxygen atoms in total. The maximum atomic E-state index is 12.2. The first-order valence-corrected chi connectivity index (χ1v) is 9.06. The number of carbonyl (C=O) groups is 2. The van der Waals surface area contributed by atoms with Crippen LogP contribution in [0.15, 0.2) is 48.5 Å². The molecule has 2 rings (SSSR count). The molecule has 2 N–H and O–H groups in total. The highest BCUT2D eigenvalue weighted by Gasteiger charge is 2.24. The van der Waals surface area contributed by atoms with E-state index < -0.39 is 0 Å². The molecule has 0 saturated carbocycles. The van der Waals surface area contributed by atoms with Gasteiger partial charge in [-0.15, -0.1) is 0 Å². The lowest BCUT2D eigenvalue weighted by Gasteiger charge is -2.24. The number of carbonyl (C=O) groups excluding carboxylic acids is 2. The minimum absolute atomic E-state index is 0.0525. The summed E-state index contributed by atoms with van der Waals surface area (Å²) in [4.78, 5) is 24.1. The highest BCUT2D eigenvalue weighted by atomic mass is 35.5. The number of nitrogens with one attached hydrogen (secondary N) is 2. The molecule has 2 amide bonds. The summed E-state index contributed by atoms with van der Waals surface area (Å²) < 4.78 is 0. The zero-order valence-corrected chi connectivity index (χ0v) is 16.3. The van der Waals surface area contributed by atoms with E-state index in [2.05, 4.69) is 10.6 Å². The van der Waals surface area contributed by atoms with Gasteiger partial charge in [-0.3, -0.25) is 9.59 Å². The third-order valence-electron chi connectivity index (χ3n) is 4.08. The second-order valence-electron chi connectivity index (χ2n) is 6.75. The van der Waals surface area contributed by atoms with Crippen LogP contribution in [0, 0.1) is 0 Å². The van der Waals surface area contributed by atoms with Crippen molar-refractivity contribution < 1.29 is 9.59 Å². The molecule has 0 heterocycles. The zero-order chi connectivity index (χ0) is 19.2. The third kappa shape index (κ3) is 6.36. The second kappa shape index (κ2) is 9.06. The summed E-state index contributed by atoms with van der Waals surface area (Å²) in [7, 11) is 0. The summed E-state index contributed by atoms with van der Waals surface area (Å²) in [5.74, 6) is -0.413. The molecule has 0 aliphatic heterocycles. The molecule has 0 saturated heterocycles. The number of amides is 2. The number of hydrogen-bond donors (Lipinski definition) is 2. The first-order chi connectivity index (χ1) is 12.3. The van der Waals surface area contributed by atoms with E-state index in [1.165, 1.54) is 0 Å². The Labute approximate surface area is 163 Å². The topological polar surface area (TPSA) is 58.2 Å². The number of hydrogen-bond acceptors (Lipinski definition) is 2. The van der Waals surface area contributed by atoms with Crippen molar-refractivity contribution in [2.75, 3.05) is 6.54 Å². The Balaban J connectivity index is 1.77. The third-order valence-corrected chi connectivity index (χ3v) is 4.58. The highest BCUT2D eigenvalue weighted by Crippen LogP contribution is 2.27. The van der Waals surface area contributed by atoms with Gasteiger partial charge in [0.15, 0.2) is 0 Å². The molecule has 0 bridgehead atoms. The molecule has 0 aliphatic carbocycles. The monoisotopic (exact) mass is 392 g/mol. The van der Waals surface area contributed by atoms with Gasteiger partial charge in [0.2, 0.25) is 11.8 Å². The van der Waals surface area contributed by atoms with E-state index in [0.717, 1.165) is 11.1 Å². The fraction of sp³-hybridized carbons (Fsp3) is 0.300. The molecule has 138 valence electrons. The molecule has 0 radical (unpaired) electrons. The van der Waals surface area contributed by atoms with Crippen molar-refractivity contribution in [3.8, 4) is 0 Å². The number of rotatable bonds is 7. The van der Waals surface area contributed by atoms with Crippen LogP contribution in [-0.4, -0.2) is 18.4 Å². The van der Waals surface area contributed by atoms with Crippen LogP contribution in [0.2, 0.25) is 10.0 Å². The number of benzene rings is 2. The fourth-order valence-electron chi connectivity index (χ4n) is 2.51. The quantitative estimate of drug-likeness (QED) is 0.745. The van der Waals surface area contributed by atoms with Gasteiger partial charge in [0.1, 0.15) is 0 Å². The van der Waals surface area contributed by atoms with Gasteiger partial charge in [-0.25, -0.2) is 0 Å². The Morgan fingerprint density at radius 1 is 0.846 bits per heavy atom. The lowest BCUT2D eigenvalue weighted by molar-refractivity contribution is -0.126. The van der Waals surface area contributed by atoms with Gasteiger partial charge in [-0.2, -0.15) is 0 Å². The summed E-state index contributed by atoms with van der Waals surface area (Å²) in [6.45, 7) is 4.30. The average Bonchev–Trinajstić information content (AvgIpc) is 2.59. The van der Waals surface area contributed by atoms with Gasteiger partial charge in [-0.05, 0) is 40.8 Å². The molecule has 2 aromatic rings. The summed E-state index contributed by atoms with van der Waals surface area (Å²) in [6, 6.07) is 14.7.